The first-order chi connectivity index (χ1) is 7.93. The molecule has 1 aromatic heterocycles. The van der Waals surface area contributed by atoms with Crippen molar-refractivity contribution in [1.29, 1.82) is 0 Å². The molecule has 0 spiro atoms. The van der Waals surface area contributed by atoms with E-state index in [1.165, 1.54) is 10.5 Å². The fraction of sp³-hybridized carbons (Fsp3) is 0.250. The summed E-state index contributed by atoms with van der Waals surface area (Å²) in [5.41, 5.74) is 2.56. The lowest BCUT2D eigenvalue weighted by atomic mass is 10.1. The van der Waals surface area contributed by atoms with Crippen molar-refractivity contribution in [1.82, 2.24) is 15.5 Å². The third kappa shape index (κ3) is 1.86. The Balaban J connectivity index is 1.69. The van der Waals surface area contributed by atoms with Crippen LogP contribution < -0.4 is 5.32 Å². The molecule has 0 aliphatic carbocycles. The molecule has 0 radical (unpaired) electrons. The van der Waals surface area contributed by atoms with Gasteiger partial charge in [0.25, 0.3) is 0 Å². The maximum Gasteiger partial charge on any atom is 0.0490 e. The van der Waals surface area contributed by atoms with Gasteiger partial charge in [0, 0.05) is 35.1 Å². The van der Waals surface area contributed by atoms with E-state index in [2.05, 4.69) is 39.8 Å². The van der Waals surface area contributed by atoms with Crippen molar-refractivity contribution in [2.45, 2.75) is 17.5 Å². The Hall–Kier alpha value is -1.26. The number of H-pyrrole nitrogens is 1. The van der Waals surface area contributed by atoms with E-state index < -0.39 is 0 Å². The van der Waals surface area contributed by atoms with E-state index >= 15 is 0 Å². The molecule has 0 bridgehead atoms. The highest BCUT2D eigenvalue weighted by molar-refractivity contribution is 7.99. The minimum atomic E-state index is 0.462. The lowest BCUT2D eigenvalue weighted by molar-refractivity contribution is 0.575. The first kappa shape index (κ1) is 9.93. The summed E-state index contributed by atoms with van der Waals surface area (Å²) in [5.74, 6) is 1.12. The molecule has 0 saturated heterocycles. The molecule has 3 nitrogen and oxygen atoms in total. The smallest absolute Gasteiger partial charge is 0.0490 e. The number of benzene rings is 1. The summed E-state index contributed by atoms with van der Waals surface area (Å²) in [6.45, 7) is 0.847. The van der Waals surface area contributed by atoms with E-state index in [0.717, 1.165) is 18.0 Å². The highest BCUT2D eigenvalue weighted by atomic mass is 32.2. The van der Waals surface area contributed by atoms with Gasteiger partial charge in [-0.3, -0.25) is 5.10 Å². The predicted molar refractivity (Wildman–Crippen MR) is 65.3 cm³/mol. The van der Waals surface area contributed by atoms with Crippen molar-refractivity contribution in [2.24, 2.45) is 0 Å². The molecule has 0 amide bonds. The van der Waals surface area contributed by atoms with Gasteiger partial charge in [-0.1, -0.05) is 18.2 Å². The Morgan fingerprint density at radius 1 is 1.38 bits per heavy atom. The molecule has 2 N–H and O–H groups in total. The topological polar surface area (TPSA) is 40.7 Å². The van der Waals surface area contributed by atoms with E-state index in [0.29, 0.717) is 6.04 Å². The fourth-order valence-corrected chi connectivity index (χ4v) is 3.14. The zero-order valence-electron chi connectivity index (χ0n) is 8.81. The summed E-state index contributed by atoms with van der Waals surface area (Å²) in [5, 5.41) is 10.5. The van der Waals surface area contributed by atoms with Crippen LogP contribution >= 0.6 is 11.8 Å². The molecule has 1 aliphatic heterocycles. The van der Waals surface area contributed by atoms with Crippen molar-refractivity contribution in [3.8, 4) is 0 Å². The normalized spacial score (nSPS) is 18.6. The number of nitrogens with zero attached hydrogens (tertiary/aromatic N) is 1. The molecule has 2 aromatic rings. The van der Waals surface area contributed by atoms with Crippen molar-refractivity contribution < 1.29 is 0 Å². The molecule has 1 aromatic carbocycles. The van der Waals surface area contributed by atoms with Crippen LogP contribution in [0.4, 0.5) is 0 Å². The van der Waals surface area contributed by atoms with Crippen LogP contribution in [0.3, 0.4) is 0 Å². The maximum atomic E-state index is 3.94. The van der Waals surface area contributed by atoms with Gasteiger partial charge >= 0.3 is 0 Å². The number of hydrogen-bond acceptors (Lipinski definition) is 3. The molecular formula is C12H13N3S. The minimum absolute atomic E-state index is 0.462. The van der Waals surface area contributed by atoms with Gasteiger partial charge in [-0.05, 0) is 17.7 Å². The van der Waals surface area contributed by atoms with Crippen LogP contribution in [0.2, 0.25) is 0 Å². The van der Waals surface area contributed by atoms with Gasteiger partial charge in [-0.2, -0.15) is 5.10 Å². The van der Waals surface area contributed by atoms with Crippen LogP contribution in [0, 0.1) is 0 Å². The van der Waals surface area contributed by atoms with Crippen LogP contribution in [-0.4, -0.2) is 16.0 Å². The summed E-state index contributed by atoms with van der Waals surface area (Å²) >= 11 is 1.92. The van der Waals surface area contributed by atoms with Crippen molar-refractivity contribution in [3.63, 3.8) is 0 Å². The number of aromatic amines is 1. The summed E-state index contributed by atoms with van der Waals surface area (Å²) in [6, 6.07) is 11.1. The van der Waals surface area contributed by atoms with Crippen molar-refractivity contribution in [3.05, 3.63) is 47.8 Å². The molecule has 2 heterocycles. The third-order valence-electron chi connectivity index (χ3n) is 2.80. The van der Waals surface area contributed by atoms with Crippen LogP contribution in [0.25, 0.3) is 0 Å². The summed E-state index contributed by atoms with van der Waals surface area (Å²) in [4.78, 5) is 1.41. The molecular weight excluding hydrogens is 218 g/mol. The van der Waals surface area contributed by atoms with Gasteiger partial charge in [0.1, 0.15) is 0 Å². The standard InChI is InChI=1S/C12H13N3S/c1-2-4-12-10(3-1)11(8-16-12)13-7-9-5-6-14-15-9/h1-6,11,13H,7-8H2,(H,14,15). The highest BCUT2D eigenvalue weighted by Crippen LogP contribution is 2.37. The third-order valence-corrected chi connectivity index (χ3v) is 3.98. The lowest BCUT2D eigenvalue weighted by Gasteiger charge is -2.11. The second-order valence-corrected chi connectivity index (χ2v) is 4.93. The SMILES string of the molecule is c1ccc2c(c1)SCC2NCc1ccn[nH]1. The largest absolute Gasteiger partial charge is 0.304 e. The summed E-state index contributed by atoms with van der Waals surface area (Å²) in [7, 11) is 0. The molecule has 0 saturated carbocycles. The second kappa shape index (κ2) is 4.31. The van der Waals surface area contributed by atoms with Gasteiger partial charge in [0.05, 0.1) is 0 Å². The Labute approximate surface area is 98.6 Å². The average Bonchev–Trinajstić information content (AvgIpc) is 2.96. The van der Waals surface area contributed by atoms with E-state index in [1.54, 1.807) is 6.20 Å². The van der Waals surface area contributed by atoms with E-state index in [4.69, 9.17) is 0 Å². The van der Waals surface area contributed by atoms with Crippen LogP contribution in [0.1, 0.15) is 17.3 Å². The van der Waals surface area contributed by atoms with Gasteiger partial charge in [0.15, 0.2) is 0 Å². The second-order valence-electron chi connectivity index (χ2n) is 3.86. The molecule has 0 fully saturated rings. The first-order valence-electron chi connectivity index (χ1n) is 5.37. The van der Waals surface area contributed by atoms with E-state index in [1.807, 2.05) is 17.8 Å². The molecule has 1 unspecified atom stereocenters. The molecule has 16 heavy (non-hydrogen) atoms. The monoisotopic (exact) mass is 231 g/mol. The van der Waals surface area contributed by atoms with Crippen molar-refractivity contribution in [2.75, 3.05) is 5.75 Å². The zero-order valence-corrected chi connectivity index (χ0v) is 9.63. The van der Waals surface area contributed by atoms with Gasteiger partial charge in [0.2, 0.25) is 0 Å². The summed E-state index contributed by atoms with van der Waals surface area (Å²) in [6.07, 6.45) is 1.79. The number of hydrogen-bond donors (Lipinski definition) is 2. The lowest BCUT2D eigenvalue weighted by Crippen LogP contribution is -2.20. The molecule has 82 valence electrons. The number of fused-ring (bicyclic) bond motifs is 1. The zero-order chi connectivity index (χ0) is 10.8. The van der Waals surface area contributed by atoms with E-state index in [-0.39, 0.29) is 0 Å². The van der Waals surface area contributed by atoms with Crippen LogP contribution in [0.15, 0.2) is 41.4 Å². The molecule has 3 rings (SSSR count). The Kier molecular flexibility index (Phi) is 2.68. The number of nitrogens with one attached hydrogen (secondary N) is 2. The maximum absolute atomic E-state index is 3.94. The van der Waals surface area contributed by atoms with E-state index in [9.17, 15) is 0 Å². The number of thioether (sulfide) groups is 1. The molecule has 1 aliphatic rings. The van der Waals surface area contributed by atoms with Crippen LogP contribution in [-0.2, 0) is 6.54 Å². The van der Waals surface area contributed by atoms with Gasteiger partial charge in [-0.15, -0.1) is 11.8 Å². The van der Waals surface area contributed by atoms with Crippen molar-refractivity contribution >= 4 is 11.8 Å². The quantitative estimate of drug-likeness (QED) is 0.852. The molecule has 4 heteroatoms. The minimum Gasteiger partial charge on any atom is -0.304 e. The fourth-order valence-electron chi connectivity index (χ4n) is 1.95. The Morgan fingerprint density at radius 3 is 3.19 bits per heavy atom. The number of aromatic nitrogens is 2. The predicted octanol–water partition coefficient (Wildman–Crippen LogP) is 2.35. The van der Waals surface area contributed by atoms with Gasteiger partial charge < -0.3 is 5.32 Å². The highest BCUT2D eigenvalue weighted by Gasteiger charge is 2.21. The Morgan fingerprint density at radius 2 is 2.31 bits per heavy atom. The molecule has 1 atom stereocenters. The first-order valence-corrected chi connectivity index (χ1v) is 6.35. The average molecular weight is 231 g/mol. The summed E-state index contributed by atoms with van der Waals surface area (Å²) < 4.78 is 0. The number of rotatable bonds is 3. The Bertz CT molecular complexity index is 467. The van der Waals surface area contributed by atoms with Gasteiger partial charge in [-0.25, -0.2) is 0 Å². The van der Waals surface area contributed by atoms with Crippen LogP contribution in [0.5, 0.6) is 0 Å².